The molecule has 0 aliphatic heterocycles. The summed E-state index contributed by atoms with van der Waals surface area (Å²) >= 11 is 0. The second kappa shape index (κ2) is 6.47. The first kappa shape index (κ1) is 10.0. The molecule has 0 unspecified atom stereocenters. The summed E-state index contributed by atoms with van der Waals surface area (Å²) < 4.78 is 5.29. The van der Waals surface area contributed by atoms with Gasteiger partial charge in [0.15, 0.2) is 0 Å². The maximum absolute atomic E-state index is 5.29. The summed E-state index contributed by atoms with van der Waals surface area (Å²) in [6.45, 7) is 3.84. The molecule has 1 saturated carbocycles. The van der Waals surface area contributed by atoms with E-state index in [2.05, 4.69) is 13.3 Å². The molecule has 0 N–H and O–H groups in total. The van der Waals surface area contributed by atoms with Crippen LogP contribution in [0.2, 0.25) is 0 Å². The van der Waals surface area contributed by atoms with Gasteiger partial charge in [-0.1, -0.05) is 32.1 Å². The lowest BCUT2D eigenvalue weighted by atomic mass is 9.86. The van der Waals surface area contributed by atoms with Gasteiger partial charge in [0.05, 0.1) is 0 Å². The van der Waals surface area contributed by atoms with Crippen molar-refractivity contribution in [3.8, 4) is 0 Å². The van der Waals surface area contributed by atoms with Crippen molar-refractivity contribution in [3.63, 3.8) is 0 Å². The molecular formula is C11H21O. The van der Waals surface area contributed by atoms with Crippen molar-refractivity contribution in [1.82, 2.24) is 0 Å². The molecule has 1 aliphatic carbocycles. The fourth-order valence-electron chi connectivity index (χ4n) is 1.90. The first-order valence-electron chi connectivity index (χ1n) is 5.34. The molecule has 1 heteroatoms. The van der Waals surface area contributed by atoms with E-state index >= 15 is 0 Å². The molecule has 0 aromatic heterocycles. The van der Waals surface area contributed by atoms with Crippen LogP contribution in [0.15, 0.2) is 0 Å². The zero-order valence-electron chi connectivity index (χ0n) is 8.22. The van der Waals surface area contributed by atoms with Crippen molar-refractivity contribution < 1.29 is 4.74 Å². The van der Waals surface area contributed by atoms with Gasteiger partial charge < -0.3 is 4.74 Å². The molecule has 1 nitrogen and oxygen atoms in total. The Bertz CT molecular complexity index is 95.2. The third-order valence-corrected chi connectivity index (χ3v) is 2.62. The minimum atomic E-state index is 0.860. The lowest BCUT2D eigenvalue weighted by Crippen LogP contribution is -2.08. The molecule has 1 radical (unpaired) electrons. The zero-order valence-corrected chi connectivity index (χ0v) is 8.22. The summed E-state index contributed by atoms with van der Waals surface area (Å²) in [7, 11) is 0. The van der Waals surface area contributed by atoms with Crippen LogP contribution in [0.1, 0.15) is 45.4 Å². The third kappa shape index (κ3) is 4.10. The van der Waals surface area contributed by atoms with E-state index in [9.17, 15) is 0 Å². The molecule has 0 bridgehead atoms. The van der Waals surface area contributed by atoms with E-state index in [-0.39, 0.29) is 0 Å². The van der Waals surface area contributed by atoms with E-state index in [1.54, 1.807) is 0 Å². The third-order valence-electron chi connectivity index (χ3n) is 2.62. The maximum atomic E-state index is 5.29. The Labute approximate surface area is 76.5 Å². The number of hydrogen-bond acceptors (Lipinski definition) is 1. The lowest BCUT2D eigenvalue weighted by Gasteiger charge is -2.20. The van der Waals surface area contributed by atoms with Gasteiger partial charge in [-0.05, 0) is 25.7 Å². The van der Waals surface area contributed by atoms with Crippen LogP contribution in [0.25, 0.3) is 0 Å². The predicted molar refractivity (Wildman–Crippen MR) is 52.0 cm³/mol. The van der Waals surface area contributed by atoms with E-state index in [4.69, 9.17) is 4.74 Å². The number of rotatable bonds is 5. The summed E-state index contributed by atoms with van der Waals surface area (Å²) in [4.78, 5) is 0. The number of ether oxygens (including phenoxy) is 1. The Kier molecular flexibility index (Phi) is 5.42. The summed E-state index contributed by atoms with van der Waals surface area (Å²) in [5.41, 5.74) is 0. The van der Waals surface area contributed by atoms with Gasteiger partial charge in [-0.2, -0.15) is 0 Å². The fourth-order valence-corrected chi connectivity index (χ4v) is 1.90. The Hall–Kier alpha value is -0.0400. The minimum Gasteiger partial charge on any atom is -0.382 e. The monoisotopic (exact) mass is 169 g/mol. The van der Waals surface area contributed by atoms with Crippen LogP contribution in [-0.4, -0.2) is 13.2 Å². The van der Waals surface area contributed by atoms with Gasteiger partial charge in [0.2, 0.25) is 0 Å². The molecule has 1 aliphatic rings. The molecule has 71 valence electrons. The quantitative estimate of drug-likeness (QED) is 0.574. The van der Waals surface area contributed by atoms with Crippen LogP contribution < -0.4 is 0 Å². The standard InChI is InChI=1S/C11H21O/c1-2-12-10-6-9-11-7-4-3-5-8-11/h9,11H,2-8,10H2,1H3. The second-order valence-corrected chi connectivity index (χ2v) is 3.62. The highest BCUT2D eigenvalue weighted by Crippen LogP contribution is 2.26. The molecule has 0 saturated heterocycles. The smallest absolute Gasteiger partial charge is 0.0468 e. The van der Waals surface area contributed by atoms with Gasteiger partial charge >= 0.3 is 0 Å². The first-order valence-corrected chi connectivity index (χ1v) is 5.34. The van der Waals surface area contributed by atoms with Crippen LogP contribution in [0.5, 0.6) is 0 Å². The summed E-state index contributed by atoms with van der Waals surface area (Å²) in [5.74, 6) is 0.902. The van der Waals surface area contributed by atoms with Gasteiger partial charge in [0.25, 0.3) is 0 Å². The second-order valence-electron chi connectivity index (χ2n) is 3.62. The van der Waals surface area contributed by atoms with Crippen LogP contribution in [0.4, 0.5) is 0 Å². The van der Waals surface area contributed by atoms with Crippen molar-refractivity contribution in [3.05, 3.63) is 6.42 Å². The van der Waals surface area contributed by atoms with Crippen LogP contribution in [0, 0.1) is 12.3 Å². The molecule has 0 aromatic carbocycles. The highest BCUT2D eigenvalue weighted by Gasteiger charge is 2.12. The number of hydrogen-bond donors (Lipinski definition) is 0. The molecule has 0 amide bonds. The molecule has 12 heavy (non-hydrogen) atoms. The first-order chi connectivity index (χ1) is 5.93. The van der Waals surface area contributed by atoms with Gasteiger partial charge in [-0.15, -0.1) is 0 Å². The molecule has 0 spiro atoms. The van der Waals surface area contributed by atoms with Gasteiger partial charge in [0.1, 0.15) is 0 Å². The average molecular weight is 169 g/mol. The molecule has 1 fully saturated rings. The summed E-state index contributed by atoms with van der Waals surface area (Å²) in [6, 6.07) is 0. The fraction of sp³-hybridized carbons (Fsp3) is 0.909. The Morgan fingerprint density at radius 2 is 2.00 bits per heavy atom. The minimum absolute atomic E-state index is 0.860. The lowest BCUT2D eigenvalue weighted by molar-refractivity contribution is 0.147. The Morgan fingerprint density at radius 3 is 2.67 bits per heavy atom. The molecule has 0 aromatic rings. The van der Waals surface area contributed by atoms with Crippen molar-refractivity contribution in [2.24, 2.45) is 5.92 Å². The molecule has 0 heterocycles. The van der Waals surface area contributed by atoms with Crippen molar-refractivity contribution in [2.75, 3.05) is 13.2 Å². The van der Waals surface area contributed by atoms with Crippen molar-refractivity contribution >= 4 is 0 Å². The van der Waals surface area contributed by atoms with E-state index in [0.29, 0.717) is 0 Å². The van der Waals surface area contributed by atoms with Crippen molar-refractivity contribution in [2.45, 2.75) is 45.4 Å². The van der Waals surface area contributed by atoms with Crippen LogP contribution in [0.3, 0.4) is 0 Å². The highest BCUT2D eigenvalue weighted by atomic mass is 16.5. The van der Waals surface area contributed by atoms with E-state index in [0.717, 1.165) is 25.6 Å². The van der Waals surface area contributed by atoms with Crippen LogP contribution in [-0.2, 0) is 4.74 Å². The van der Waals surface area contributed by atoms with Gasteiger partial charge in [-0.3, -0.25) is 0 Å². The highest BCUT2D eigenvalue weighted by molar-refractivity contribution is 4.78. The summed E-state index contributed by atoms with van der Waals surface area (Å²) in [5, 5.41) is 0. The summed E-state index contributed by atoms with van der Waals surface area (Å²) in [6.07, 6.45) is 10.8. The molecular weight excluding hydrogens is 148 g/mol. The predicted octanol–water partition coefficient (Wildman–Crippen LogP) is 3.20. The topological polar surface area (TPSA) is 9.23 Å². The van der Waals surface area contributed by atoms with Crippen molar-refractivity contribution in [1.29, 1.82) is 0 Å². The maximum Gasteiger partial charge on any atom is 0.0468 e. The molecule has 0 atom stereocenters. The largest absolute Gasteiger partial charge is 0.382 e. The van der Waals surface area contributed by atoms with E-state index in [1.807, 2.05) is 0 Å². The Balaban J connectivity index is 1.91. The van der Waals surface area contributed by atoms with Gasteiger partial charge in [0, 0.05) is 13.2 Å². The van der Waals surface area contributed by atoms with Gasteiger partial charge in [-0.25, -0.2) is 0 Å². The van der Waals surface area contributed by atoms with E-state index in [1.165, 1.54) is 32.1 Å². The average Bonchev–Trinajstić information content (AvgIpc) is 2.14. The molecule has 1 rings (SSSR count). The zero-order chi connectivity index (χ0) is 8.65. The van der Waals surface area contributed by atoms with E-state index < -0.39 is 0 Å². The normalized spacial score (nSPS) is 19.8. The Morgan fingerprint density at radius 1 is 1.25 bits per heavy atom. The SMILES string of the molecule is CCOCC[CH]C1CCCCC1. The van der Waals surface area contributed by atoms with Crippen LogP contribution >= 0.6 is 0 Å².